The van der Waals surface area contributed by atoms with Crippen LogP contribution in [0.25, 0.3) is 21.9 Å². The Balaban J connectivity index is 1.84. The number of hydrogen-bond acceptors (Lipinski definition) is 2. The molecule has 0 saturated carbocycles. The van der Waals surface area contributed by atoms with Crippen molar-refractivity contribution >= 4 is 22.5 Å². The van der Waals surface area contributed by atoms with E-state index in [1.54, 1.807) is 0 Å². The summed E-state index contributed by atoms with van der Waals surface area (Å²) in [4.78, 5) is 24.2. The van der Waals surface area contributed by atoms with Crippen molar-refractivity contribution in [3.8, 4) is 11.1 Å². The Morgan fingerprint density at radius 2 is 1.45 bits per heavy atom. The number of carboxylic acids is 1. The third kappa shape index (κ3) is 4.09. The van der Waals surface area contributed by atoms with Crippen molar-refractivity contribution in [3.63, 3.8) is 0 Å². The van der Waals surface area contributed by atoms with Crippen molar-refractivity contribution in [3.05, 3.63) is 108 Å². The minimum atomic E-state index is -0.832. The van der Waals surface area contributed by atoms with E-state index < -0.39 is 5.97 Å². The maximum absolute atomic E-state index is 13.2. The van der Waals surface area contributed by atoms with Gasteiger partial charge in [-0.2, -0.15) is 0 Å². The van der Waals surface area contributed by atoms with E-state index in [4.69, 9.17) is 5.11 Å². The summed E-state index contributed by atoms with van der Waals surface area (Å²) in [5, 5.41) is 11.2. The molecule has 4 aromatic rings. The number of aliphatic carboxylic acids is 1. The van der Waals surface area contributed by atoms with Crippen LogP contribution in [0.15, 0.2) is 91.0 Å². The van der Waals surface area contributed by atoms with Crippen molar-refractivity contribution in [2.75, 3.05) is 0 Å². The van der Waals surface area contributed by atoms with Crippen molar-refractivity contribution < 1.29 is 14.7 Å². The molecule has 29 heavy (non-hydrogen) atoms. The summed E-state index contributed by atoms with van der Waals surface area (Å²) >= 11 is 0. The molecule has 142 valence electrons. The molecule has 3 heteroatoms. The third-order valence-electron chi connectivity index (χ3n) is 5.05. The normalized spacial score (nSPS) is 10.8. The van der Waals surface area contributed by atoms with Crippen molar-refractivity contribution in [2.45, 2.75) is 12.8 Å². The molecule has 0 aromatic heterocycles. The standard InChI is InChI=1S/C26H20O3/c27-25(28)15-11-18-10-14-23(26(29)20-7-2-1-3-8-20)24(16-18)22-13-12-19-6-4-5-9-21(19)17-22/h1-10,12-14,16-17H,11,15H2,(H,27,28). The lowest BCUT2D eigenvalue weighted by Gasteiger charge is -2.13. The summed E-state index contributed by atoms with van der Waals surface area (Å²) in [6.45, 7) is 0. The largest absolute Gasteiger partial charge is 0.481 e. The van der Waals surface area contributed by atoms with Crippen LogP contribution in [-0.4, -0.2) is 16.9 Å². The number of ketones is 1. The molecule has 0 bridgehead atoms. The molecule has 0 atom stereocenters. The molecule has 1 N–H and O–H groups in total. The fourth-order valence-electron chi connectivity index (χ4n) is 3.54. The number of aryl methyl sites for hydroxylation is 1. The van der Waals surface area contributed by atoms with Gasteiger partial charge in [0.25, 0.3) is 0 Å². The summed E-state index contributed by atoms with van der Waals surface area (Å²) in [5.74, 6) is -0.875. The monoisotopic (exact) mass is 380 g/mol. The number of carboxylic acid groups (broad SMARTS) is 1. The zero-order valence-corrected chi connectivity index (χ0v) is 15.8. The molecule has 0 amide bonds. The van der Waals surface area contributed by atoms with E-state index in [0.29, 0.717) is 17.5 Å². The Labute approximate surface area is 169 Å². The average Bonchev–Trinajstić information content (AvgIpc) is 2.77. The van der Waals surface area contributed by atoms with Crippen LogP contribution in [0.1, 0.15) is 27.9 Å². The van der Waals surface area contributed by atoms with Crippen molar-refractivity contribution in [1.82, 2.24) is 0 Å². The molecule has 0 radical (unpaired) electrons. The lowest BCUT2D eigenvalue weighted by molar-refractivity contribution is -0.136. The fraction of sp³-hybridized carbons (Fsp3) is 0.0769. The van der Waals surface area contributed by atoms with E-state index in [0.717, 1.165) is 27.5 Å². The molecule has 0 heterocycles. The van der Waals surface area contributed by atoms with E-state index in [1.165, 1.54) is 0 Å². The van der Waals surface area contributed by atoms with Crippen LogP contribution >= 0.6 is 0 Å². The highest BCUT2D eigenvalue weighted by molar-refractivity contribution is 6.13. The molecule has 0 saturated heterocycles. The minimum Gasteiger partial charge on any atom is -0.481 e. The van der Waals surface area contributed by atoms with E-state index >= 15 is 0 Å². The fourth-order valence-corrected chi connectivity index (χ4v) is 3.54. The van der Waals surface area contributed by atoms with Crippen LogP contribution in [0.3, 0.4) is 0 Å². The zero-order valence-electron chi connectivity index (χ0n) is 15.8. The smallest absolute Gasteiger partial charge is 0.303 e. The summed E-state index contributed by atoms with van der Waals surface area (Å²) in [6.07, 6.45) is 0.485. The van der Waals surface area contributed by atoms with E-state index in [2.05, 4.69) is 12.1 Å². The molecule has 0 aliphatic rings. The van der Waals surface area contributed by atoms with Crippen LogP contribution in [0.5, 0.6) is 0 Å². The second kappa shape index (κ2) is 8.11. The maximum atomic E-state index is 13.2. The number of fused-ring (bicyclic) bond motifs is 1. The number of carbonyl (C=O) groups is 2. The van der Waals surface area contributed by atoms with E-state index in [1.807, 2.05) is 78.9 Å². The Morgan fingerprint density at radius 3 is 2.21 bits per heavy atom. The zero-order chi connectivity index (χ0) is 20.2. The van der Waals surface area contributed by atoms with Gasteiger partial charge in [-0.3, -0.25) is 9.59 Å². The number of carbonyl (C=O) groups excluding carboxylic acids is 1. The SMILES string of the molecule is O=C(O)CCc1ccc(C(=O)c2ccccc2)c(-c2ccc3ccccc3c2)c1. The van der Waals surface area contributed by atoms with E-state index in [9.17, 15) is 9.59 Å². The molecule has 0 aliphatic carbocycles. The van der Waals surface area contributed by atoms with Gasteiger partial charge in [-0.05, 0) is 39.9 Å². The number of rotatable bonds is 6. The van der Waals surface area contributed by atoms with Gasteiger partial charge in [0.15, 0.2) is 5.78 Å². The number of benzene rings is 4. The average molecular weight is 380 g/mol. The van der Waals surface area contributed by atoms with Gasteiger partial charge >= 0.3 is 5.97 Å². The summed E-state index contributed by atoms with van der Waals surface area (Å²) in [6, 6.07) is 29.1. The van der Waals surface area contributed by atoms with Crippen LogP contribution in [-0.2, 0) is 11.2 Å². The molecule has 0 unspecified atom stereocenters. The predicted octanol–water partition coefficient (Wildman–Crippen LogP) is 5.76. The first-order chi connectivity index (χ1) is 14.1. The first kappa shape index (κ1) is 18.6. The molecule has 0 fully saturated rings. The van der Waals surface area contributed by atoms with Gasteiger partial charge in [0, 0.05) is 17.5 Å². The Bertz CT molecular complexity index is 1190. The summed E-state index contributed by atoms with van der Waals surface area (Å²) in [7, 11) is 0. The van der Waals surface area contributed by atoms with E-state index in [-0.39, 0.29) is 12.2 Å². The van der Waals surface area contributed by atoms with Crippen LogP contribution < -0.4 is 0 Å². The third-order valence-corrected chi connectivity index (χ3v) is 5.05. The first-order valence-electron chi connectivity index (χ1n) is 9.55. The Kier molecular flexibility index (Phi) is 5.21. The second-order valence-corrected chi connectivity index (χ2v) is 7.03. The van der Waals surface area contributed by atoms with Gasteiger partial charge in [-0.25, -0.2) is 0 Å². The summed E-state index contributed by atoms with van der Waals surface area (Å²) in [5.41, 5.74) is 3.92. The topological polar surface area (TPSA) is 54.4 Å². The summed E-state index contributed by atoms with van der Waals surface area (Å²) < 4.78 is 0. The molecule has 0 spiro atoms. The van der Waals surface area contributed by atoms with Gasteiger partial charge < -0.3 is 5.11 Å². The van der Waals surface area contributed by atoms with Crippen LogP contribution in [0, 0.1) is 0 Å². The van der Waals surface area contributed by atoms with Gasteiger partial charge in [-0.1, -0.05) is 84.9 Å². The van der Waals surface area contributed by atoms with Gasteiger partial charge in [0.2, 0.25) is 0 Å². The molecule has 0 aliphatic heterocycles. The van der Waals surface area contributed by atoms with Gasteiger partial charge in [-0.15, -0.1) is 0 Å². The molecule has 4 rings (SSSR count). The Hall–Kier alpha value is -3.72. The maximum Gasteiger partial charge on any atom is 0.303 e. The van der Waals surface area contributed by atoms with Gasteiger partial charge in [0.1, 0.15) is 0 Å². The number of hydrogen-bond donors (Lipinski definition) is 1. The molecule has 4 aromatic carbocycles. The highest BCUT2D eigenvalue weighted by atomic mass is 16.4. The van der Waals surface area contributed by atoms with Crippen LogP contribution in [0.2, 0.25) is 0 Å². The molecular weight excluding hydrogens is 360 g/mol. The Morgan fingerprint density at radius 1 is 0.724 bits per heavy atom. The van der Waals surface area contributed by atoms with Crippen molar-refractivity contribution in [1.29, 1.82) is 0 Å². The second-order valence-electron chi connectivity index (χ2n) is 7.03. The van der Waals surface area contributed by atoms with Crippen LogP contribution in [0.4, 0.5) is 0 Å². The minimum absolute atomic E-state index is 0.0430. The highest BCUT2D eigenvalue weighted by Gasteiger charge is 2.16. The molecule has 3 nitrogen and oxygen atoms in total. The quantitative estimate of drug-likeness (QED) is 0.433. The van der Waals surface area contributed by atoms with Gasteiger partial charge in [0.05, 0.1) is 0 Å². The van der Waals surface area contributed by atoms with Crippen molar-refractivity contribution in [2.24, 2.45) is 0 Å². The highest BCUT2D eigenvalue weighted by Crippen LogP contribution is 2.30. The predicted molar refractivity (Wildman–Crippen MR) is 115 cm³/mol. The first-order valence-corrected chi connectivity index (χ1v) is 9.55. The molecular formula is C26H20O3. The lowest BCUT2D eigenvalue weighted by atomic mass is 9.90. The lowest BCUT2D eigenvalue weighted by Crippen LogP contribution is -2.05.